The van der Waals surface area contributed by atoms with Crippen LogP contribution in [0, 0.1) is 0 Å². The number of fused-ring (bicyclic) bond motifs is 1. The largest absolute Gasteiger partial charge is 0.544 e. The molecule has 1 aromatic carbocycles. The maximum Gasteiger partial charge on any atom is 0.544 e. The van der Waals surface area contributed by atoms with E-state index in [-0.39, 0.29) is 5.58 Å². The summed E-state index contributed by atoms with van der Waals surface area (Å²) in [5.74, 6) is 0. The molecule has 2 rings (SSSR count). The van der Waals surface area contributed by atoms with E-state index in [0.717, 1.165) is 6.07 Å². The molecule has 0 N–H and O–H groups in total. The average Bonchev–Trinajstić information content (AvgIpc) is 2.45. The highest BCUT2D eigenvalue weighted by Crippen LogP contribution is 2.21. The minimum atomic E-state index is -5.08. The van der Waals surface area contributed by atoms with Crippen molar-refractivity contribution in [3.8, 4) is 0 Å². The van der Waals surface area contributed by atoms with Crippen LogP contribution in [0.15, 0.2) is 28.7 Å². The quantitative estimate of drug-likeness (QED) is 0.672. The number of benzene rings is 1. The van der Waals surface area contributed by atoms with E-state index in [1.54, 1.807) is 0 Å². The highest BCUT2D eigenvalue weighted by Gasteiger charge is 2.30. The van der Waals surface area contributed by atoms with Gasteiger partial charge >= 0.3 is 6.98 Å². The first-order valence-electron chi connectivity index (χ1n) is 3.86. The van der Waals surface area contributed by atoms with Gasteiger partial charge < -0.3 is 17.4 Å². The second kappa shape index (κ2) is 2.95. The van der Waals surface area contributed by atoms with E-state index in [9.17, 15) is 12.9 Å². The van der Waals surface area contributed by atoms with Crippen LogP contribution in [0.2, 0.25) is 5.02 Å². The van der Waals surface area contributed by atoms with E-state index in [0.29, 0.717) is 10.4 Å². The molecule has 0 unspecified atom stereocenters. The Bertz CT molecular complexity index is 477. The van der Waals surface area contributed by atoms with E-state index in [2.05, 4.69) is 4.42 Å². The van der Waals surface area contributed by atoms with Gasteiger partial charge in [-0.15, -0.1) is 0 Å². The van der Waals surface area contributed by atoms with Crippen LogP contribution in [0.1, 0.15) is 0 Å². The van der Waals surface area contributed by atoms with E-state index in [1.165, 1.54) is 18.2 Å². The molecule has 0 bridgehead atoms. The lowest BCUT2D eigenvalue weighted by molar-refractivity contribution is 0.473. The summed E-state index contributed by atoms with van der Waals surface area (Å²) in [6.07, 6.45) is 0. The summed E-state index contributed by atoms with van der Waals surface area (Å²) in [6, 6.07) is 5.35. The highest BCUT2D eigenvalue weighted by molar-refractivity contribution is 6.72. The molecule has 0 aliphatic carbocycles. The lowest BCUT2D eigenvalue weighted by Gasteiger charge is -2.08. The summed E-state index contributed by atoms with van der Waals surface area (Å²) in [5.41, 5.74) is -0.783. The summed E-state index contributed by atoms with van der Waals surface area (Å²) >= 11 is 5.61. The molecule has 0 saturated carbocycles. The summed E-state index contributed by atoms with van der Waals surface area (Å²) in [7, 11) is 0. The van der Waals surface area contributed by atoms with E-state index >= 15 is 0 Å². The van der Waals surface area contributed by atoms with Crippen molar-refractivity contribution in [2.45, 2.75) is 0 Å². The molecule has 74 valence electrons. The molecule has 1 heterocycles. The van der Waals surface area contributed by atoms with Crippen molar-refractivity contribution < 1.29 is 17.4 Å². The summed E-state index contributed by atoms with van der Waals surface area (Å²) < 4.78 is 41.4. The maximum atomic E-state index is 12.3. The van der Waals surface area contributed by atoms with Gasteiger partial charge in [-0.3, -0.25) is 0 Å². The predicted molar refractivity (Wildman–Crippen MR) is 49.9 cm³/mol. The first-order chi connectivity index (χ1) is 6.47. The zero-order chi connectivity index (χ0) is 10.3. The molecule has 0 saturated heterocycles. The fraction of sp³-hybridized carbons (Fsp3) is 0. The van der Waals surface area contributed by atoms with Gasteiger partial charge in [-0.05, 0) is 24.3 Å². The molecule has 0 fully saturated rings. The lowest BCUT2D eigenvalue weighted by Crippen LogP contribution is -2.32. The van der Waals surface area contributed by atoms with Crippen LogP contribution in [0.3, 0.4) is 0 Å². The van der Waals surface area contributed by atoms with Crippen LogP contribution in [0.25, 0.3) is 11.0 Å². The molecule has 2 aromatic rings. The van der Waals surface area contributed by atoms with Crippen LogP contribution in [0.4, 0.5) is 12.9 Å². The first kappa shape index (κ1) is 9.46. The Balaban J connectivity index is 2.63. The van der Waals surface area contributed by atoms with Crippen molar-refractivity contribution in [2.75, 3.05) is 0 Å². The minimum Gasteiger partial charge on any atom is -0.493 e. The summed E-state index contributed by atoms with van der Waals surface area (Å²) in [6.45, 7) is -5.08. The van der Waals surface area contributed by atoms with Gasteiger partial charge in [0.05, 0.1) is 0 Å². The zero-order valence-corrected chi connectivity index (χ0v) is 7.56. The Morgan fingerprint density at radius 3 is 2.50 bits per heavy atom. The fourth-order valence-electron chi connectivity index (χ4n) is 1.19. The van der Waals surface area contributed by atoms with Crippen molar-refractivity contribution >= 4 is 35.2 Å². The molecule has 0 aliphatic rings. The molecule has 14 heavy (non-hydrogen) atoms. The van der Waals surface area contributed by atoms with Crippen LogP contribution < -0.4 is 5.66 Å². The molecular weight excluding hydrogens is 215 g/mol. The Morgan fingerprint density at radius 1 is 1.14 bits per heavy atom. The van der Waals surface area contributed by atoms with E-state index in [1.807, 2.05) is 0 Å². The van der Waals surface area contributed by atoms with Gasteiger partial charge in [0.25, 0.3) is 0 Å². The molecule has 0 amide bonds. The monoisotopic (exact) mass is 219 g/mol. The molecule has 0 atom stereocenters. The number of hydrogen-bond acceptors (Lipinski definition) is 1. The van der Waals surface area contributed by atoms with Crippen molar-refractivity contribution in [3.63, 3.8) is 0 Å². The Hall–Kier alpha value is -1.10. The van der Waals surface area contributed by atoms with Gasteiger partial charge in [0, 0.05) is 16.1 Å². The van der Waals surface area contributed by atoms with Crippen molar-refractivity contribution in [2.24, 2.45) is 0 Å². The van der Waals surface area contributed by atoms with Crippen LogP contribution >= 0.6 is 11.6 Å². The van der Waals surface area contributed by atoms with Crippen LogP contribution in [-0.2, 0) is 0 Å². The standard InChI is InChI=1S/C8H4BClF3O/c10-6-2-1-5-3-8(9(11,12)13)14-7(5)4-6/h1-4H/q-1. The van der Waals surface area contributed by atoms with E-state index < -0.39 is 12.6 Å². The smallest absolute Gasteiger partial charge is 0.493 e. The third-order valence-corrected chi connectivity index (χ3v) is 2.06. The second-order valence-corrected chi connectivity index (χ2v) is 3.34. The number of rotatable bonds is 1. The maximum absolute atomic E-state index is 12.3. The van der Waals surface area contributed by atoms with Gasteiger partial charge in [-0.1, -0.05) is 11.6 Å². The fourth-order valence-corrected chi connectivity index (χ4v) is 1.35. The Labute approximate surface area is 82.5 Å². The van der Waals surface area contributed by atoms with Gasteiger partial charge in [0.2, 0.25) is 0 Å². The first-order valence-corrected chi connectivity index (χ1v) is 4.23. The normalized spacial score (nSPS) is 12.3. The lowest BCUT2D eigenvalue weighted by atomic mass is 9.88. The average molecular weight is 219 g/mol. The SMILES string of the molecule is F[B-](F)(F)c1cc2ccc(Cl)cc2o1. The van der Waals surface area contributed by atoms with Gasteiger partial charge in [0.1, 0.15) is 5.58 Å². The van der Waals surface area contributed by atoms with Gasteiger partial charge in [-0.2, -0.15) is 0 Å². The molecule has 0 radical (unpaired) electrons. The third kappa shape index (κ3) is 1.59. The minimum absolute atomic E-state index is 0.159. The number of halogens is 4. The summed E-state index contributed by atoms with van der Waals surface area (Å²) in [5, 5.41) is 0.761. The molecule has 1 aromatic heterocycles. The number of furan rings is 1. The number of hydrogen-bond donors (Lipinski definition) is 0. The molecular formula is C8H4BClF3O-. The second-order valence-electron chi connectivity index (χ2n) is 2.91. The Morgan fingerprint density at radius 2 is 1.86 bits per heavy atom. The molecule has 0 aliphatic heterocycles. The third-order valence-electron chi connectivity index (χ3n) is 1.82. The highest BCUT2D eigenvalue weighted by atomic mass is 35.5. The molecule has 0 spiro atoms. The van der Waals surface area contributed by atoms with Crippen molar-refractivity contribution in [3.05, 3.63) is 29.3 Å². The summed E-state index contributed by atoms with van der Waals surface area (Å²) in [4.78, 5) is 0. The van der Waals surface area contributed by atoms with Crippen LogP contribution in [-0.4, -0.2) is 6.98 Å². The van der Waals surface area contributed by atoms with Gasteiger partial charge in [-0.25, -0.2) is 0 Å². The van der Waals surface area contributed by atoms with E-state index in [4.69, 9.17) is 11.6 Å². The zero-order valence-electron chi connectivity index (χ0n) is 6.81. The predicted octanol–water partition coefficient (Wildman–Crippen LogP) is 3.14. The van der Waals surface area contributed by atoms with Crippen molar-refractivity contribution in [1.82, 2.24) is 0 Å². The van der Waals surface area contributed by atoms with Gasteiger partial charge in [0.15, 0.2) is 0 Å². The van der Waals surface area contributed by atoms with Crippen LogP contribution in [0.5, 0.6) is 0 Å². The Kier molecular flexibility index (Phi) is 1.99. The molecule has 6 heteroatoms. The van der Waals surface area contributed by atoms with Crippen molar-refractivity contribution in [1.29, 1.82) is 0 Å². The molecule has 1 nitrogen and oxygen atoms in total. The topological polar surface area (TPSA) is 13.1 Å².